The molecule has 0 aliphatic carbocycles. The summed E-state index contributed by atoms with van der Waals surface area (Å²) in [6.45, 7) is 2.80. The third kappa shape index (κ3) is 4.15. The van der Waals surface area contributed by atoms with Crippen LogP contribution >= 0.6 is 11.6 Å². The zero-order valence-corrected chi connectivity index (χ0v) is 19.8. The SMILES string of the molecule is Cc1cnccc1-c1cnc(C(=O)N2CCN(S(=O)(=O)c3cc4cc(Cl)ccc4[nH]3)CC2)nc1. The minimum absolute atomic E-state index is 0.0827. The number of H-pyrrole nitrogens is 1. The van der Waals surface area contributed by atoms with Crippen molar-refractivity contribution < 1.29 is 13.2 Å². The van der Waals surface area contributed by atoms with Gasteiger partial charge < -0.3 is 9.88 Å². The molecule has 11 heteroatoms. The van der Waals surface area contributed by atoms with Crippen molar-refractivity contribution in [2.45, 2.75) is 11.9 Å². The highest BCUT2D eigenvalue weighted by molar-refractivity contribution is 7.89. The van der Waals surface area contributed by atoms with Gasteiger partial charge in [0.1, 0.15) is 5.03 Å². The summed E-state index contributed by atoms with van der Waals surface area (Å²) in [5.41, 5.74) is 3.43. The number of hydrogen-bond acceptors (Lipinski definition) is 6. The highest BCUT2D eigenvalue weighted by Crippen LogP contribution is 2.25. The van der Waals surface area contributed by atoms with Crippen LogP contribution in [-0.2, 0) is 10.0 Å². The number of nitrogens with one attached hydrogen (secondary N) is 1. The van der Waals surface area contributed by atoms with Crippen LogP contribution < -0.4 is 0 Å². The average Bonchev–Trinajstić information content (AvgIpc) is 3.28. The summed E-state index contributed by atoms with van der Waals surface area (Å²) >= 11 is 6.01. The van der Waals surface area contributed by atoms with Gasteiger partial charge in [0.25, 0.3) is 15.9 Å². The molecule has 1 aliphatic heterocycles. The molecule has 9 nitrogen and oxygen atoms in total. The first-order valence-corrected chi connectivity index (χ1v) is 12.5. The number of hydrogen-bond donors (Lipinski definition) is 1. The molecule has 1 aromatic carbocycles. The molecule has 0 radical (unpaired) electrons. The summed E-state index contributed by atoms with van der Waals surface area (Å²) in [6, 6.07) is 8.61. The molecule has 0 saturated carbocycles. The lowest BCUT2D eigenvalue weighted by atomic mass is 10.1. The molecule has 4 heterocycles. The van der Waals surface area contributed by atoms with Gasteiger partial charge in [-0.25, -0.2) is 18.4 Å². The number of sulfonamides is 1. The van der Waals surface area contributed by atoms with Gasteiger partial charge in [-0.3, -0.25) is 9.78 Å². The topological polar surface area (TPSA) is 112 Å². The van der Waals surface area contributed by atoms with E-state index in [1.165, 1.54) is 4.31 Å². The third-order valence-electron chi connectivity index (χ3n) is 5.88. The van der Waals surface area contributed by atoms with Crippen LogP contribution in [0, 0.1) is 6.92 Å². The van der Waals surface area contributed by atoms with Crippen LogP contribution in [0.3, 0.4) is 0 Å². The number of carbonyl (C=O) groups is 1. The van der Waals surface area contributed by atoms with E-state index in [2.05, 4.69) is 19.9 Å². The fraction of sp³-hybridized carbons (Fsp3) is 0.217. The summed E-state index contributed by atoms with van der Waals surface area (Å²) in [6.07, 6.45) is 6.68. The summed E-state index contributed by atoms with van der Waals surface area (Å²) in [7, 11) is -3.73. The van der Waals surface area contributed by atoms with E-state index in [1.807, 2.05) is 13.0 Å². The van der Waals surface area contributed by atoms with Crippen LogP contribution in [0.4, 0.5) is 0 Å². The Morgan fingerprint density at radius 2 is 1.76 bits per heavy atom. The average molecular weight is 497 g/mol. The van der Waals surface area contributed by atoms with Gasteiger partial charge in [0.05, 0.1) is 0 Å². The molecule has 3 aromatic heterocycles. The van der Waals surface area contributed by atoms with Crippen LogP contribution in [0.25, 0.3) is 22.0 Å². The predicted octanol–water partition coefficient (Wildman–Crippen LogP) is 3.13. The molecule has 174 valence electrons. The van der Waals surface area contributed by atoms with Crippen LogP contribution in [0.2, 0.25) is 5.02 Å². The quantitative estimate of drug-likeness (QED) is 0.464. The minimum Gasteiger partial charge on any atom is -0.345 e. The van der Waals surface area contributed by atoms with Gasteiger partial charge >= 0.3 is 0 Å². The van der Waals surface area contributed by atoms with Gasteiger partial charge in [-0.05, 0) is 48.4 Å². The Morgan fingerprint density at radius 1 is 1.03 bits per heavy atom. The first kappa shape index (κ1) is 22.5. The molecule has 1 N–H and O–H groups in total. The number of halogens is 1. The number of nitrogens with zero attached hydrogens (tertiary/aromatic N) is 5. The Kier molecular flexibility index (Phi) is 5.80. The van der Waals surface area contributed by atoms with E-state index in [1.54, 1.807) is 54.0 Å². The Balaban J connectivity index is 1.27. The second-order valence-electron chi connectivity index (χ2n) is 8.05. The van der Waals surface area contributed by atoms with Crippen molar-refractivity contribution in [1.29, 1.82) is 0 Å². The number of pyridine rings is 1. The smallest absolute Gasteiger partial charge is 0.291 e. The molecule has 5 rings (SSSR count). The van der Waals surface area contributed by atoms with Gasteiger partial charge in [-0.15, -0.1) is 0 Å². The molecule has 4 aromatic rings. The lowest BCUT2D eigenvalue weighted by Crippen LogP contribution is -2.50. The van der Waals surface area contributed by atoms with Gasteiger partial charge in [0, 0.05) is 72.5 Å². The first-order chi connectivity index (χ1) is 16.3. The van der Waals surface area contributed by atoms with E-state index in [-0.39, 0.29) is 42.9 Å². The summed E-state index contributed by atoms with van der Waals surface area (Å²) in [4.78, 5) is 30.0. The van der Waals surface area contributed by atoms with Crippen molar-refractivity contribution in [1.82, 2.24) is 29.1 Å². The number of rotatable bonds is 4. The Bertz CT molecular complexity index is 1480. The molecule has 1 saturated heterocycles. The van der Waals surface area contributed by atoms with Crippen molar-refractivity contribution in [2.24, 2.45) is 0 Å². The van der Waals surface area contributed by atoms with Gasteiger partial charge in [0.15, 0.2) is 0 Å². The van der Waals surface area contributed by atoms with Crippen molar-refractivity contribution in [2.75, 3.05) is 26.2 Å². The Morgan fingerprint density at radius 3 is 2.47 bits per heavy atom. The molecular weight excluding hydrogens is 476 g/mol. The second kappa shape index (κ2) is 8.79. The minimum atomic E-state index is -3.73. The zero-order valence-electron chi connectivity index (χ0n) is 18.3. The Hall–Kier alpha value is -3.34. The molecule has 1 aliphatic rings. The number of aromatic nitrogens is 4. The Labute approximate surface area is 201 Å². The summed E-state index contributed by atoms with van der Waals surface area (Å²) in [5.74, 6) is -0.241. The first-order valence-electron chi connectivity index (χ1n) is 10.6. The lowest BCUT2D eigenvalue weighted by molar-refractivity contribution is 0.0685. The fourth-order valence-corrected chi connectivity index (χ4v) is 5.62. The lowest BCUT2D eigenvalue weighted by Gasteiger charge is -2.33. The van der Waals surface area contributed by atoms with E-state index in [0.29, 0.717) is 10.5 Å². The van der Waals surface area contributed by atoms with Crippen LogP contribution in [0.15, 0.2) is 60.1 Å². The van der Waals surface area contributed by atoms with Gasteiger partial charge in [0.2, 0.25) is 5.82 Å². The van der Waals surface area contributed by atoms with E-state index in [0.717, 1.165) is 22.1 Å². The maximum Gasteiger partial charge on any atom is 0.291 e. The van der Waals surface area contributed by atoms with Gasteiger partial charge in [-0.2, -0.15) is 4.31 Å². The van der Waals surface area contributed by atoms with Crippen LogP contribution in [0.5, 0.6) is 0 Å². The zero-order chi connectivity index (χ0) is 23.9. The number of aryl methyl sites for hydroxylation is 1. The van der Waals surface area contributed by atoms with Crippen molar-refractivity contribution in [3.8, 4) is 11.1 Å². The van der Waals surface area contributed by atoms with E-state index >= 15 is 0 Å². The normalized spacial score (nSPS) is 15.1. The number of benzene rings is 1. The van der Waals surface area contributed by atoms with Crippen LogP contribution in [0.1, 0.15) is 16.2 Å². The molecule has 0 spiro atoms. The van der Waals surface area contributed by atoms with Crippen molar-refractivity contribution >= 4 is 38.4 Å². The van der Waals surface area contributed by atoms with Crippen molar-refractivity contribution in [3.05, 3.63) is 71.5 Å². The highest BCUT2D eigenvalue weighted by Gasteiger charge is 2.32. The van der Waals surface area contributed by atoms with Gasteiger partial charge in [-0.1, -0.05) is 11.6 Å². The molecule has 0 atom stereocenters. The number of carbonyl (C=O) groups excluding carboxylic acids is 1. The molecule has 0 bridgehead atoms. The molecule has 34 heavy (non-hydrogen) atoms. The van der Waals surface area contributed by atoms with E-state index in [9.17, 15) is 13.2 Å². The number of amides is 1. The molecular formula is C23H21ClN6O3S. The standard InChI is InChI=1S/C23H21ClN6O3S/c1-15-12-25-5-4-19(15)17-13-26-22(27-14-17)23(31)29-6-8-30(9-7-29)34(32,33)21-11-16-10-18(24)2-3-20(16)28-21/h2-5,10-14,28H,6-9H2,1H3. The predicted molar refractivity (Wildman–Crippen MR) is 128 cm³/mol. The third-order valence-corrected chi connectivity index (χ3v) is 7.93. The maximum atomic E-state index is 13.1. The molecule has 0 unspecified atom stereocenters. The number of aromatic amines is 1. The monoisotopic (exact) mass is 496 g/mol. The summed E-state index contributed by atoms with van der Waals surface area (Å²) in [5, 5.41) is 1.37. The summed E-state index contributed by atoms with van der Waals surface area (Å²) < 4.78 is 27.6. The number of fused-ring (bicyclic) bond motifs is 1. The molecule has 1 amide bonds. The van der Waals surface area contributed by atoms with E-state index in [4.69, 9.17) is 11.6 Å². The number of piperazine rings is 1. The van der Waals surface area contributed by atoms with Crippen LogP contribution in [-0.4, -0.2) is 69.6 Å². The maximum absolute atomic E-state index is 13.1. The van der Waals surface area contributed by atoms with Crippen molar-refractivity contribution in [3.63, 3.8) is 0 Å². The second-order valence-corrected chi connectivity index (χ2v) is 10.4. The highest BCUT2D eigenvalue weighted by atomic mass is 35.5. The fourth-order valence-electron chi connectivity index (χ4n) is 4.00. The molecule has 1 fully saturated rings. The largest absolute Gasteiger partial charge is 0.345 e. The van der Waals surface area contributed by atoms with E-state index < -0.39 is 10.0 Å².